The largest absolute Gasteiger partial charge is 0.371 e. The molecule has 1 aliphatic heterocycles. The number of nitrogens with zero attached hydrogens (tertiary/aromatic N) is 2. The molecule has 1 fully saturated rings. The van der Waals surface area contributed by atoms with Gasteiger partial charge >= 0.3 is 0 Å². The van der Waals surface area contributed by atoms with Crippen molar-refractivity contribution < 1.29 is 13.2 Å². The highest BCUT2D eigenvalue weighted by Crippen LogP contribution is 2.26. The molecule has 0 atom stereocenters. The van der Waals surface area contributed by atoms with Gasteiger partial charge in [-0.1, -0.05) is 42.5 Å². The number of amides is 1. The van der Waals surface area contributed by atoms with Crippen LogP contribution >= 0.6 is 0 Å². The Kier molecular flexibility index (Phi) is 6.99. The Balaban J connectivity index is 1.49. The lowest BCUT2D eigenvalue weighted by atomic mass is 10.1. The topological polar surface area (TPSA) is 69.7 Å². The van der Waals surface area contributed by atoms with Crippen LogP contribution in [0.5, 0.6) is 0 Å². The first-order chi connectivity index (χ1) is 15.9. The minimum Gasteiger partial charge on any atom is -0.371 e. The van der Waals surface area contributed by atoms with Crippen LogP contribution in [0, 0.1) is 0 Å². The number of rotatable bonds is 7. The zero-order valence-corrected chi connectivity index (χ0v) is 19.6. The van der Waals surface area contributed by atoms with Crippen LogP contribution in [0.2, 0.25) is 0 Å². The van der Waals surface area contributed by atoms with Gasteiger partial charge in [0, 0.05) is 43.6 Å². The Bertz CT molecular complexity index is 1210. The summed E-state index contributed by atoms with van der Waals surface area (Å²) in [5.74, 6) is -0.163. The quantitative estimate of drug-likeness (QED) is 0.549. The molecule has 0 spiro atoms. The Morgan fingerprint density at radius 1 is 0.909 bits per heavy atom. The van der Waals surface area contributed by atoms with Gasteiger partial charge in [-0.05, 0) is 61.2 Å². The van der Waals surface area contributed by atoms with E-state index in [1.807, 2.05) is 12.1 Å². The van der Waals surface area contributed by atoms with Crippen LogP contribution in [-0.2, 0) is 16.6 Å². The number of hydrogen-bond donors (Lipinski definition) is 1. The van der Waals surface area contributed by atoms with Crippen LogP contribution < -0.4 is 9.62 Å². The first kappa shape index (κ1) is 22.9. The van der Waals surface area contributed by atoms with Crippen molar-refractivity contribution in [1.29, 1.82) is 0 Å². The lowest BCUT2D eigenvalue weighted by molar-refractivity contribution is 0.0785. The van der Waals surface area contributed by atoms with Gasteiger partial charge in [0.15, 0.2) is 0 Å². The Morgan fingerprint density at radius 2 is 1.61 bits per heavy atom. The van der Waals surface area contributed by atoms with Gasteiger partial charge in [0.25, 0.3) is 15.9 Å². The Labute approximate surface area is 195 Å². The number of benzene rings is 3. The number of carbonyl (C=O) groups is 1. The second-order valence-electron chi connectivity index (χ2n) is 8.34. The molecule has 0 saturated carbocycles. The maximum Gasteiger partial charge on any atom is 0.261 e. The van der Waals surface area contributed by atoms with Crippen molar-refractivity contribution in [1.82, 2.24) is 4.90 Å². The minimum absolute atomic E-state index is 0.163. The van der Waals surface area contributed by atoms with Gasteiger partial charge < -0.3 is 9.80 Å². The summed E-state index contributed by atoms with van der Waals surface area (Å²) in [6, 6.07) is 23.0. The Hall–Kier alpha value is -3.32. The summed E-state index contributed by atoms with van der Waals surface area (Å²) < 4.78 is 27.8. The standard InChI is InChI=1S/C26H29N3O3S/c1-28(20-22-11-6-7-16-25(22)29-17-8-3-9-18-29)26(30)21-12-10-13-23(19-21)27-33(31,32)24-14-4-2-5-15-24/h2,4-7,10-16,19,27H,3,8-9,17-18,20H2,1H3. The number of anilines is 2. The second kappa shape index (κ2) is 10.1. The summed E-state index contributed by atoms with van der Waals surface area (Å²) >= 11 is 0. The van der Waals surface area contributed by atoms with Crippen molar-refractivity contribution in [3.05, 3.63) is 90.0 Å². The molecule has 6 nitrogen and oxygen atoms in total. The third-order valence-electron chi connectivity index (χ3n) is 5.86. The van der Waals surface area contributed by atoms with Crippen molar-refractivity contribution in [2.75, 3.05) is 29.8 Å². The average molecular weight is 464 g/mol. The zero-order chi connectivity index (χ0) is 23.3. The SMILES string of the molecule is CN(Cc1ccccc1N1CCCCC1)C(=O)c1cccc(NS(=O)(=O)c2ccccc2)c1. The summed E-state index contributed by atoms with van der Waals surface area (Å²) in [6.07, 6.45) is 3.64. The van der Waals surface area contributed by atoms with Crippen molar-refractivity contribution in [2.45, 2.75) is 30.7 Å². The van der Waals surface area contributed by atoms with Gasteiger partial charge in [-0.3, -0.25) is 9.52 Å². The molecule has 0 aliphatic carbocycles. The molecule has 1 saturated heterocycles. The van der Waals surface area contributed by atoms with Gasteiger partial charge in [0.1, 0.15) is 0 Å². The summed E-state index contributed by atoms with van der Waals surface area (Å²) in [7, 11) is -1.95. The van der Waals surface area contributed by atoms with Crippen molar-refractivity contribution in [3.63, 3.8) is 0 Å². The lowest BCUT2D eigenvalue weighted by Gasteiger charge is -2.31. The summed E-state index contributed by atoms with van der Waals surface area (Å²) in [6.45, 7) is 2.56. The fourth-order valence-corrected chi connectivity index (χ4v) is 5.24. The van der Waals surface area contributed by atoms with E-state index in [1.165, 1.54) is 37.1 Å². The number of nitrogens with one attached hydrogen (secondary N) is 1. The molecule has 1 aliphatic rings. The third kappa shape index (κ3) is 5.54. The summed E-state index contributed by atoms with van der Waals surface area (Å²) in [5.41, 5.74) is 3.07. The molecule has 1 N–H and O–H groups in total. The highest BCUT2D eigenvalue weighted by atomic mass is 32.2. The Morgan fingerprint density at radius 3 is 2.36 bits per heavy atom. The van der Waals surface area contributed by atoms with E-state index in [0.717, 1.165) is 18.7 Å². The molecule has 7 heteroatoms. The molecule has 0 aromatic heterocycles. The van der Waals surface area contributed by atoms with E-state index in [4.69, 9.17) is 0 Å². The fraction of sp³-hybridized carbons (Fsp3) is 0.269. The van der Waals surface area contributed by atoms with E-state index < -0.39 is 10.0 Å². The summed E-state index contributed by atoms with van der Waals surface area (Å²) in [5, 5.41) is 0. The molecule has 4 rings (SSSR count). The highest BCUT2D eigenvalue weighted by Gasteiger charge is 2.19. The third-order valence-corrected chi connectivity index (χ3v) is 7.26. The molecular formula is C26H29N3O3S. The molecule has 0 bridgehead atoms. The second-order valence-corrected chi connectivity index (χ2v) is 10.0. The highest BCUT2D eigenvalue weighted by molar-refractivity contribution is 7.92. The van der Waals surface area contributed by atoms with Crippen LogP contribution in [0.3, 0.4) is 0 Å². The van der Waals surface area contributed by atoms with Gasteiger partial charge in [0.05, 0.1) is 4.90 Å². The van der Waals surface area contributed by atoms with Gasteiger partial charge in [0.2, 0.25) is 0 Å². The smallest absolute Gasteiger partial charge is 0.261 e. The van der Waals surface area contributed by atoms with E-state index in [1.54, 1.807) is 54.4 Å². The number of hydrogen-bond acceptors (Lipinski definition) is 4. The number of carbonyl (C=O) groups excluding carboxylic acids is 1. The molecule has 1 amide bonds. The van der Waals surface area contributed by atoms with Gasteiger partial charge in [-0.2, -0.15) is 0 Å². The molecule has 1 heterocycles. The van der Waals surface area contributed by atoms with Crippen molar-refractivity contribution >= 4 is 27.3 Å². The molecule has 33 heavy (non-hydrogen) atoms. The minimum atomic E-state index is -3.72. The van der Waals surface area contributed by atoms with E-state index >= 15 is 0 Å². The van der Waals surface area contributed by atoms with Crippen LogP contribution in [0.4, 0.5) is 11.4 Å². The fourth-order valence-electron chi connectivity index (χ4n) is 4.16. The number of para-hydroxylation sites is 1. The molecule has 3 aromatic carbocycles. The van der Waals surface area contributed by atoms with Crippen molar-refractivity contribution in [2.24, 2.45) is 0 Å². The van der Waals surface area contributed by atoms with Crippen LogP contribution in [0.25, 0.3) is 0 Å². The van der Waals surface area contributed by atoms with E-state index in [9.17, 15) is 13.2 Å². The zero-order valence-electron chi connectivity index (χ0n) is 18.8. The van der Waals surface area contributed by atoms with Crippen LogP contribution in [-0.4, -0.2) is 39.4 Å². The lowest BCUT2D eigenvalue weighted by Crippen LogP contribution is -2.32. The van der Waals surface area contributed by atoms with Gasteiger partial charge in [-0.25, -0.2) is 8.42 Å². The van der Waals surface area contributed by atoms with E-state index in [2.05, 4.69) is 21.8 Å². The monoisotopic (exact) mass is 463 g/mol. The van der Waals surface area contributed by atoms with Crippen molar-refractivity contribution in [3.8, 4) is 0 Å². The van der Waals surface area contributed by atoms with Crippen LogP contribution in [0.1, 0.15) is 35.2 Å². The first-order valence-corrected chi connectivity index (χ1v) is 12.7. The number of sulfonamides is 1. The predicted molar refractivity (Wildman–Crippen MR) is 132 cm³/mol. The maximum atomic E-state index is 13.2. The molecule has 3 aromatic rings. The molecular weight excluding hydrogens is 434 g/mol. The molecule has 172 valence electrons. The average Bonchev–Trinajstić information content (AvgIpc) is 2.85. The maximum absolute atomic E-state index is 13.2. The summed E-state index contributed by atoms with van der Waals surface area (Å²) in [4.78, 5) is 17.4. The molecule has 0 radical (unpaired) electrons. The van der Waals surface area contributed by atoms with E-state index in [0.29, 0.717) is 17.8 Å². The number of piperidine rings is 1. The van der Waals surface area contributed by atoms with E-state index in [-0.39, 0.29) is 10.8 Å². The van der Waals surface area contributed by atoms with Crippen LogP contribution in [0.15, 0.2) is 83.8 Å². The molecule has 0 unspecified atom stereocenters. The first-order valence-electron chi connectivity index (χ1n) is 11.2. The van der Waals surface area contributed by atoms with Gasteiger partial charge in [-0.15, -0.1) is 0 Å². The normalized spacial score (nSPS) is 14.0. The predicted octanol–water partition coefficient (Wildman–Crippen LogP) is 4.75.